The molecule has 1 atom stereocenters. The lowest BCUT2D eigenvalue weighted by Gasteiger charge is -2.14. The van der Waals surface area contributed by atoms with E-state index in [1.165, 1.54) is 6.20 Å². The number of carbonyl (C=O) groups excluding carboxylic acids is 1. The summed E-state index contributed by atoms with van der Waals surface area (Å²) in [6.45, 7) is 8.00. The molecule has 1 amide bonds. The summed E-state index contributed by atoms with van der Waals surface area (Å²) < 4.78 is 0. The number of primary amides is 1. The van der Waals surface area contributed by atoms with Gasteiger partial charge in [-0.25, -0.2) is 4.98 Å². The van der Waals surface area contributed by atoms with Crippen molar-refractivity contribution >= 4 is 17.7 Å². The SMILES string of the molecule is CC.CC[C@@H](C)Nc1nc(N)ncc1C(N)=O. The first-order valence-electron chi connectivity index (χ1n) is 5.73. The van der Waals surface area contributed by atoms with E-state index in [9.17, 15) is 4.79 Å². The van der Waals surface area contributed by atoms with Crippen molar-refractivity contribution in [3.05, 3.63) is 11.8 Å². The van der Waals surface area contributed by atoms with Crippen molar-refractivity contribution in [1.82, 2.24) is 9.97 Å². The molecule has 1 rings (SSSR count). The second-order valence-corrected chi connectivity index (χ2v) is 3.31. The van der Waals surface area contributed by atoms with Gasteiger partial charge in [0, 0.05) is 12.2 Å². The molecule has 0 bridgehead atoms. The Hall–Kier alpha value is -1.85. The lowest BCUT2D eigenvalue weighted by atomic mass is 10.2. The number of nitrogens with zero attached hydrogens (tertiary/aromatic N) is 2. The Bertz CT molecular complexity index is 367. The van der Waals surface area contributed by atoms with Crippen molar-refractivity contribution in [2.75, 3.05) is 11.1 Å². The molecule has 0 aromatic carbocycles. The van der Waals surface area contributed by atoms with Crippen LogP contribution in [0.1, 0.15) is 44.5 Å². The van der Waals surface area contributed by atoms with E-state index < -0.39 is 5.91 Å². The molecule has 0 unspecified atom stereocenters. The number of rotatable bonds is 4. The van der Waals surface area contributed by atoms with Crippen LogP contribution in [-0.4, -0.2) is 21.9 Å². The monoisotopic (exact) mass is 239 g/mol. The summed E-state index contributed by atoms with van der Waals surface area (Å²) in [5.41, 5.74) is 10.9. The number of nitrogens with one attached hydrogen (secondary N) is 1. The summed E-state index contributed by atoms with van der Waals surface area (Å²) in [5, 5.41) is 3.05. The van der Waals surface area contributed by atoms with Gasteiger partial charge in [0.15, 0.2) is 0 Å². The first-order valence-corrected chi connectivity index (χ1v) is 5.73. The normalized spacial score (nSPS) is 11.1. The molecule has 0 fully saturated rings. The van der Waals surface area contributed by atoms with Crippen molar-refractivity contribution < 1.29 is 4.79 Å². The minimum Gasteiger partial charge on any atom is -0.368 e. The maximum absolute atomic E-state index is 11.1. The van der Waals surface area contributed by atoms with Gasteiger partial charge in [0.2, 0.25) is 5.95 Å². The smallest absolute Gasteiger partial charge is 0.254 e. The van der Waals surface area contributed by atoms with Crippen LogP contribution in [0.3, 0.4) is 0 Å². The maximum atomic E-state index is 11.1. The highest BCUT2D eigenvalue weighted by Gasteiger charge is 2.12. The predicted octanol–water partition coefficient (Wildman–Crippen LogP) is 1.39. The van der Waals surface area contributed by atoms with E-state index in [2.05, 4.69) is 15.3 Å². The van der Waals surface area contributed by atoms with Gasteiger partial charge in [0.25, 0.3) is 5.91 Å². The summed E-state index contributed by atoms with van der Waals surface area (Å²) in [5.74, 6) is -0.0593. The van der Waals surface area contributed by atoms with Gasteiger partial charge in [0.05, 0.1) is 5.56 Å². The number of amides is 1. The number of nitrogens with two attached hydrogens (primary N) is 2. The van der Waals surface area contributed by atoms with Crippen molar-refractivity contribution in [3.63, 3.8) is 0 Å². The second kappa shape index (κ2) is 7.43. The lowest BCUT2D eigenvalue weighted by molar-refractivity contribution is 0.100. The van der Waals surface area contributed by atoms with Gasteiger partial charge in [-0.05, 0) is 13.3 Å². The van der Waals surface area contributed by atoms with Gasteiger partial charge in [-0.1, -0.05) is 20.8 Å². The summed E-state index contributed by atoms with van der Waals surface area (Å²) in [4.78, 5) is 18.7. The van der Waals surface area contributed by atoms with Crippen LogP contribution in [0.5, 0.6) is 0 Å². The Morgan fingerprint density at radius 1 is 1.53 bits per heavy atom. The molecule has 96 valence electrons. The fourth-order valence-corrected chi connectivity index (χ4v) is 1.02. The van der Waals surface area contributed by atoms with Gasteiger partial charge in [-0.15, -0.1) is 0 Å². The molecular formula is C11H21N5O. The van der Waals surface area contributed by atoms with Gasteiger partial charge in [0.1, 0.15) is 5.82 Å². The number of hydrogen-bond donors (Lipinski definition) is 3. The highest BCUT2D eigenvalue weighted by atomic mass is 16.1. The molecule has 0 aliphatic heterocycles. The first-order chi connectivity index (χ1) is 8.04. The predicted molar refractivity (Wildman–Crippen MR) is 69.7 cm³/mol. The van der Waals surface area contributed by atoms with Crippen molar-refractivity contribution in [2.45, 2.75) is 40.2 Å². The van der Waals surface area contributed by atoms with Crippen molar-refractivity contribution in [1.29, 1.82) is 0 Å². The van der Waals surface area contributed by atoms with Crippen LogP contribution < -0.4 is 16.8 Å². The first kappa shape index (κ1) is 15.2. The van der Waals surface area contributed by atoms with E-state index in [1.54, 1.807) is 0 Å². The van der Waals surface area contributed by atoms with Gasteiger partial charge in [-0.2, -0.15) is 4.98 Å². The molecule has 1 aromatic heterocycles. The molecule has 17 heavy (non-hydrogen) atoms. The summed E-state index contributed by atoms with van der Waals surface area (Å²) in [6.07, 6.45) is 2.23. The number of aromatic nitrogens is 2. The summed E-state index contributed by atoms with van der Waals surface area (Å²) >= 11 is 0. The van der Waals surface area contributed by atoms with Crippen LogP contribution in [0, 0.1) is 0 Å². The third kappa shape index (κ3) is 4.67. The minimum absolute atomic E-state index is 0.116. The fraction of sp³-hybridized carbons (Fsp3) is 0.545. The molecule has 1 aromatic rings. The zero-order chi connectivity index (χ0) is 13.4. The molecule has 0 aliphatic rings. The summed E-state index contributed by atoms with van der Waals surface area (Å²) in [7, 11) is 0. The minimum atomic E-state index is -0.569. The standard InChI is InChI=1S/C9H15N5O.C2H6/c1-3-5(2)13-8-6(7(10)15)4-12-9(11)14-8;1-2/h4-5H,3H2,1-2H3,(H2,10,15)(H3,11,12,13,14);1-2H3/t5-;/m1./s1. The molecule has 0 aliphatic carbocycles. The van der Waals surface area contributed by atoms with Crippen LogP contribution in [-0.2, 0) is 0 Å². The van der Waals surface area contributed by atoms with E-state index in [0.717, 1.165) is 6.42 Å². The zero-order valence-corrected chi connectivity index (χ0v) is 10.8. The largest absolute Gasteiger partial charge is 0.368 e. The molecule has 1 heterocycles. The molecule has 6 heteroatoms. The van der Waals surface area contributed by atoms with E-state index in [0.29, 0.717) is 5.82 Å². The Morgan fingerprint density at radius 3 is 2.59 bits per heavy atom. The van der Waals surface area contributed by atoms with Crippen molar-refractivity contribution in [2.24, 2.45) is 5.73 Å². The van der Waals surface area contributed by atoms with Crippen LogP contribution in [0.25, 0.3) is 0 Å². The molecule has 0 saturated carbocycles. The Kier molecular flexibility index (Phi) is 6.62. The zero-order valence-electron chi connectivity index (χ0n) is 10.8. The highest BCUT2D eigenvalue weighted by molar-refractivity contribution is 5.97. The lowest BCUT2D eigenvalue weighted by Crippen LogP contribution is -2.21. The van der Waals surface area contributed by atoms with Crippen LogP contribution >= 0.6 is 0 Å². The van der Waals surface area contributed by atoms with Gasteiger partial charge < -0.3 is 16.8 Å². The summed E-state index contributed by atoms with van der Waals surface area (Å²) in [6, 6.07) is 0.192. The molecule has 0 saturated heterocycles. The third-order valence-electron chi connectivity index (χ3n) is 2.07. The van der Waals surface area contributed by atoms with Crippen molar-refractivity contribution in [3.8, 4) is 0 Å². The maximum Gasteiger partial charge on any atom is 0.254 e. The number of nitrogen functional groups attached to an aromatic ring is 1. The van der Waals surface area contributed by atoms with E-state index in [-0.39, 0.29) is 17.6 Å². The topological polar surface area (TPSA) is 107 Å². The highest BCUT2D eigenvalue weighted by Crippen LogP contribution is 2.13. The number of carbonyl (C=O) groups is 1. The number of hydrogen-bond acceptors (Lipinski definition) is 5. The molecule has 0 radical (unpaired) electrons. The van der Waals surface area contributed by atoms with Gasteiger partial charge in [-0.3, -0.25) is 4.79 Å². The van der Waals surface area contributed by atoms with Crippen LogP contribution in [0.2, 0.25) is 0 Å². The average molecular weight is 239 g/mol. The molecular weight excluding hydrogens is 218 g/mol. The fourth-order valence-electron chi connectivity index (χ4n) is 1.02. The molecule has 0 spiro atoms. The van der Waals surface area contributed by atoms with E-state index >= 15 is 0 Å². The quantitative estimate of drug-likeness (QED) is 0.736. The Labute approximate surface area is 102 Å². The van der Waals surface area contributed by atoms with Gasteiger partial charge >= 0.3 is 0 Å². The molecule has 5 N–H and O–H groups in total. The van der Waals surface area contributed by atoms with Crippen LogP contribution in [0.15, 0.2) is 6.20 Å². The average Bonchev–Trinajstić information content (AvgIpc) is 2.31. The number of anilines is 2. The molecule has 6 nitrogen and oxygen atoms in total. The van der Waals surface area contributed by atoms with E-state index in [1.807, 2.05) is 27.7 Å². The third-order valence-corrected chi connectivity index (χ3v) is 2.07. The Morgan fingerprint density at radius 2 is 2.12 bits per heavy atom. The van der Waals surface area contributed by atoms with Crippen LogP contribution in [0.4, 0.5) is 11.8 Å². The second-order valence-electron chi connectivity index (χ2n) is 3.31. The van der Waals surface area contributed by atoms with E-state index in [4.69, 9.17) is 11.5 Å². The Balaban J connectivity index is 0.00000121.